The first-order valence-electron chi connectivity index (χ1n) is 15.6. The number of imidazole rings is 1. The highest BCUT2D eigenvalue weighted by Gasteiger charge is 2.33. The number of amides is 1. The highest BCUT2D eigenvalue weighted by atomic mass is 32.2. The summed E-state index contributed by atoms with van der Waals surface area (Å²) in [6.07, 6.45) is 4.10. The van der Waals surface area contributed by atoms with Crippen LogP contribution in [0.1, 0.15) is 50.4 Å². The molecule has 2 N–H and O–H groups in total. The molecule has 3 aromatic rings. The molecular formula is C32H45N5O8S2. The van der Waals surface area contributed by atoms with Crippen molar-refractivity contribution in [3.05, 3.63) is 66.6 Å². The van der Waals surface area contributed by atoms with Gasteiger partial charge in [0, 0.05) is 51.6 Å². The van der Waals surface area contributed by atoms with Crippen molar-refractivity contribution in [3.8, 4) is 5.75 Å². The molecule has 47 heavy (non-hydrogen) atoms. The maximum absolute atomic E-state index is 14.3. The average Bonchev–Trinajstić information content (AvgIpc) is 3.49. The summed E-state index contributed by atoms with van der Waals surface area (Å²) >= 11 is 0. The van der Waals surface area contributed by atoms with Crippen molar-refractivity contribution in [3.63, 3.8) is 0 Å². The van der Waals surface area contributed by atoms with Crippen LogP contribution in [0.3, 0.4) is 0 Å². The number of benzene rings is 2. The molecule has 0 fully saturated rings. The van der Waals surface area contributed by atoms with Crippen molar-refractivity contribution in [2.75, 3.05) is 38.1 Å². The summed E-state index contributed by atoms with van der Waals surface area (Å²) in [5, 5.41) is 10.1. The van der Waals surface area contributed by atoms with Crippen LogP contribution in [0.15, 0.2) is 71.0 Å². The van der Waals surface area contributed by atoms with Crippen molar-refractivity contribution in [1.29, 1.82) is 0 Å². The van der Waals surface area contributed by atoms with Gasteiger partial charge in [0.15, 0.2) is 5.03 Å². The molecule has 4 rings (SSSR count). The summed E-state index contributed by atoms with van der Waals surface area (Å²) in [6, 6.07) is 11.8. The van der Waals surface area contributed by atoms with Gasteiger partial charge in [-0.25, -0.2) is 21.8 Å². The molecule has 13 nitrogen and oxygen atoms in total. The number of nitrogens with zero attached hydrogens (tertiary/aromatic N) is 4. The highest BCUT2D eigenvalue weighted by Crippen LogP contribution is 2.30. The van der Waals surface area contributed by atoms with Gasteiger partial charge in [-0.1, -0.05) is 25.1 Å². The van der Waals surface area contributed by atoms with Crippen LogP contribution in [-0.2, 0) is 31.8 Å². The SMILES string of the molecule is C[C@@H]1CCCCO[C@@H](CN(C)S(=O)(=O)c2cn(C)cn2)[C@H](C)CN([C@H](C)CO)C(=O)c2cc(NS(=O)(=O)c3ccccc3)ccc2O1. The first-order valence-corrected chi connectivity index (χ1v) is 18.5. The van der Waals surface area contributed by atoms with Crippen LogP contribution < -0.4 is 9.46 Å². The molecule has 15 heteroatoms. The number of ether oxygens (including phenoxy) is 2. The van der Waals surface area contributed by atoms with Crippen LogP contribution in [0.2, 0.25) is 0 Å². The number of hydrogen-bond acceptors (Lipinski definition) is 9. The fourth-order valence-electron chi connectivity index (χ4n) is 5.30. The van der Waals surface area contributed by atoms with Crippen LogP contribution >= 0.6 is 0 Å². The molecule has 1 aliphatic rings. The van der Waals surface area contributed by atoms with E-state index in [1.807, 2.05) is 13.8 Å². The molecule has 0 saturated carbocycles. The van der Waals surface area contributed by atoms with Crippen LogP contribution in [0, 0.1) is 5.92 Å². The summed E-state index contributed by atoms with van der Waals surface area (Å²) in [6.45, 7) is 5.62. The number of hydrogen-bond donors (Lipinski definition) is 2. The van der Waals surface area contributed by atoms with Gasteiger partial charge in [0.05, 0.1) is 41.6 Å². The van der Waals surface area contributed by atoms with Gasteiger partial charge in [-0.2, -0.15) is 4.31 Å². The molecule has 0 unspecified atom stereocenters. The molecule has 1 amide bonds. The number of aromatic nitrogens is 2. The summed E-state index contributed by atoms with van der Waals surface area (Å²) in [5.41, 5.74) is 0.299. The number of aliphatic hydroxyl groups is 1. The lowest BCUT2D eigenvalue weighted by atomic mass is 10.0. The molecule has 0 aliphatic carbocycles. The van der Waals surface area contributed by atoms with Gasteiger partial charge in [-0.05, 0) is 63.4 Å². The van der Waals surface area contributed by atoms with E-state index in [1.165, 1.54) is 47.0 Å². The van der Waals surface area contributed by atoms with E-state index in [9.17, 15) is 26.7 Å². The third-order valence-corrected chi connectivity index (χ3v) is 11.3. The Balaban J connectivity index is 1.68. The molecule has 1 aromatic heterocycles. The summed E-state index contributed by atoms with van der Waals surface area (Å²) in [7, 11) is -4.69. The number of aryl methyl sites for hydroxylation is 1. The Bertz CT molecular complexity index is 1720. The number of carbonyl (C=O) groups is 1. The molecule has 2 heterocycles. The number of fused-ring (bicyclic) bond motifs is 1. The lowest BCUT2D eigenvalue weighted by Gasteiger charge is -2.35. The summed E-state index contributed by atoms with van der Waals surface area (Å²) in [4.78, 5) is 19.9. The number of sulfonamides is 2. The highest BCUT2D eigenvalue weighted by molar-refractivity contribution is 7.92. The van der Waals surface area contributed by atoms with E-state index in [-0.39, 0.29) is 52.9 Å². The van der Waals surface area contributed by atoms with Gasteiger partial charge < -0.3 is 24.0 Å². The molecule has 0 bridgehead atoms. The van der Waals surface area contributed by atoms with Crippen molar-refractivity contribution in [2.24, 2.45) is 13.0 Å². The van der Waals surface area contributed by atoms with Gasteiger partial charge in [0.25, 0.3) is 26.0 Å². The molecule has 258 valence electrons. The Hall–Kier alpha value is -3.50. The Kier molecular flexibility index (Phi) is 12.1. The second-order valence-electron chi connectivity index (χ2n) is 12.1. The summed E-state index contributed by atoms with van der Waals surface area (Å²) < 4.78 is 70.6. The lowest BCUT2D eigenvalue weighted by molar-refractivity contribution is -0.00835. The van der Waals surface area contributed by atoms with Crippen LogP contribution in [-0.4, -0.2) is 98.2 Å². The van der Waals surface area contributed by atoms with Gasteiger partial charge in [-0.15, -0.1) is 0 Å². The number of carbonyl (C=O) groups excluding carboxylic acids is 1. The molecule has 0 radical (unpaired) electrons. The fraction of sp³-hybridized carbons (Fsp3) is 0.500. The average molecular weight is 692 g/mol. The zero-order valence-corrected chi connectivity index (χ0v) is 29.1. The molecule has 1 aliphatic heterocycles. The van der Waals surface area contributed by atoms with Crippen LogP contribution in [0.5, 0.6) is 5.75 Å². The Morgan fingerprint density at radius 1 is 1.11 bits per heavy atom. The van der Waals surface area contributed by atoms with Crippen molar-refractivity contribution in [2.45, 2.75) is 68.2 Å². The van der Waals surface area contributed by atoms with Gasteiger partial charge >= 0.3 is 0 Å². The van der Waals surface area contributed by atoms with Crippen molar-refractivity contribution < 1.29 is 36.2 Å². The van der Waals surface area contributed by atoms with Gasteiger partial charge in [0.2, 0.25) is 0 Å². The fourth-order valence-corrected chi connectivity index (χ4v) is 7.51. The van der Waals surface area contributed by atoms with Crippen LogP contribution in [0.25, 0.3) is 0 Å². The standard InChI is InChI=1S/C32H45N5O8S2/c1-23-18-37(24(2)21-38)32(39)28-17-26(34-46(40,41)27-12-7-6-8-13-27)14-15-29(28)45-25(3)11-9-10-16-44-30(23)19-36(5)47(42,43)31-20-35(4)22-33-31/h6-8,12-15,17,20,22-25,30,34,38H,9-11,16,18-19,21H2,1-5H3/t23-,24-,25-,30+/m1/s1. The van der Waals surface area contributed by atoms with Crippen molar-refractivity contribution >= 4 is 31.6 Å². The van der Waals surface area contributed by atoms with E-state index in [1.54, 1.807) is 48.9 Å². The smallest absolute Gasteiger partial charge is 0.261 e. The predicted molar refractivity (Wildman–Crippen MR) is 177 cm³/mol. The number of anilines is 1. The Morgan fingerprint density at radius 2 is 1.83 bits per heavy atom. The zero-order valence-electron chi connectivity index (χ0n) is 27.4. The predicted octanol–water partition coefficient (Wildman–Crippen LogP) is 3.34. The summed E-state index contributed by atoms with van der Waals surface area (Å²) in [5.74, 6) is -0.564. The number of nitrogens with one attached hydrogen (secondary N) is 1. The van der Waals surface area contributed by atoms with Crippen LogP contribution in [0.4, 0.5) is 5.69 Å². The maximum atomic E-state index is 14.3. The van der Waals surface area contributed by atoms with Gasteiger partial charge in [-0.3, -0.25) is 9.52 Å². The van der Waals surface area contributed by atoms with E-state index in [0.717, 1.165) is 6.42 Å². The molecule has 0 spiro atoms. The largest absolute Gasteiger partial charge is 0.490 e. The normalized spacial score (nSPS) is 21.0. The zero-order chi connectivity index (χ0) is 34.4. The van der Waals surface area contributed by atoms with E-state index >= 15 is 0 Å². The number of rotatable bonds is 9. The Morgan fingerprint density at radius 3 is 2.49 bits per heavy atom. The quantitative estimate of drug-likeness (QED) is 0.343. The molecule has 2 aromatic carbocycles. The first kappa shape index (κ1) is 36.3. The first-order chi connectivity index (χ1) is 22.2. The third-order valence-electron chi connectivity index (χ3n) is 8.15. The topological polar surface area (TPSA) is 160 Å². The van der Waals surface area contributed by atoms with E-state index in [0.29, 0.717) is 25.2 Å². The second kappa shape index (κ2) is 15.6. The lowest BCUT2D eigenvalue weighted by Crippen LogP contribution is -2.48. The number of aliphatic hydroxyl groups excluding tert-OH is 1. The third kappa shape index (κ3) is 9.11. The van der Waals surface area contributed by atoms with E-state index in [4.69, 9.17) is 9.47 Å². The minimum atomic E-state index is -3.94. The van der Waals surface area contributed by atoms with Gasteiger partial charge in [0.1, 0.15) is 5.75 Å². The monoisotopic (exact) mass is 691 g/mol. The minimum Gasteiger partial charge on any atom is -0.490 e. The second-order valence-corrected chi connectivity index (χ2v) is 15.8. The maximum Gasteiger partial charge on any atom is 0.261 e. The minimum absolute atomic E-state index is 0.0110. The van der Waals surface area contributed by atoms with E-state index < -0.39 is 38.1 Å². The molecule has 4 atom stereocenters. The van der Waals surface area contributed by atoms with Crippen molar-refractivity contribution in [1.82, 2.24) is 18.8 Å². The molecule has 0 saturated heterocycles. The molecular weight excluding hydrogens is 647 g/mol. The Labute approximate surface area is 277 Å². The number of likely N-dealkylation sites (N-methyl/N-ethyl adjacent to an activating group) is 1. The van der Waals surface area contributed by atoms with E-state index in [2.05, 4.69) is 9.71 Å².